The van der Waals surface area contributed by atoms with Gasteiger partial charge >= 0.3 is 0 Å². The summed E-state index contributed by atoms with van der Waals surface area (Å²) in [5.41, 5.74) is 0.459. The van der Waals surface area contributed by atoms with E-state index in [9.17, 15) is 30.3 Å². The van der Waals surface area contributed by atoms with Crippen LogP contribution in [0.1, 0.15) is 65.2 Å². The van der Waals surface area contributed by atoms with Crippen LogP contribution in [0.15, 0.2) is 11.3 Å². The molecule has 0 bridgehead atoms. The molecular formula is C22H39NO8. The van der Waals surface area contributed by atoms with E-state index in [0.717, 1.165) is 0 Å². The van der Waals surface area contributed by atoms with E-state index in [1.54, 1.807) is 0 Å². The molecule has 7 atom stereocenters. The smallest absolute Gasteiger partial charge is 0.216 e. The predicted octanol–water partition coefficient (Wildman–Crippen LogP) is 0.890. The van der Waals surface area contributed by atoms with E-state index in [4.69, 9.17) is 9.47 Å². The third-order valence-corrected chi connectivity index (χ3v) is 6.15. The molecule has 7 unspecified atom stereocenters. The molecule has 9 nitrogen and oxygen atoms in total. The Morgan fingerprint density at radius 3 is 2.39 bits per heavy atom. The first-order valence-corrected chi connectivity index (χ1v) is 11.3. The van der Waals surface area contributed by atoms with Crippen molar-refractivity contribution in [3.8, 4) is 0 Å². The summed E-state index contributed by atoms with van der Waals surface area (Å²) in [5.74, 6) is -0.286. The molecule has 0 spiro atoms. The average Bonchev–Trinajstić information content (AvgIpc) is 2.69. The second-order valence-electron chi connectivity index (χ2n) is 8.80. The molecule has 31 heavy (non-hydrogen) atoms. The van der Waals surface area contributed by atoms with E-state index in [2.05, 4.69) is 5.32 Å². The lowest BCUT2D eigenvalue weighted by molar-refractivity contribution is -0.122. The third kappa shape index (κ3) is 8.32. The summed E-state index contributed by atoms with van der Waals surface area (Å²) >= 11 is 0. The summed E-state index contributed by atoms with van der Waals surface area (Å²) in [4.78, 5) is 11.0. The second-order valence-corrected chi connectivity index (χ2v) is 8.80. The molecule has 0 saturated carbocycles. The number of hydrogen-bond acceptors (Lipinski definition) is 8. The highest BCUT2D eigenvalue weighted by molar-refractivity contribution is 5.72. The van der Waals surface area contributed by atoms with Crippen LogP contribution < -0.4 is 5.32 Å². The van der Waals surface area contributed by atoms with Gasteiger partial charge < -0.3 is 40.3 Å². The number of nitrogens with one attached hydrogen (secondary N) is 1. The molecule has 1 amide bonds. The van der Waals surface area contributed by atoms with Gasteiger partial charge in [-0.05, 0) is 51.4 Å². The number of rotatable bonds is 4. The van der Waals surface area contributed by atoms with Crippen LogP contribution in [-0.4, -0.2) is 81.4 Å². The molecule has 1 aliphatic carbocycles. The Hall–Kier alpha value is -1.23. The van der Waals surface area contributed by atoms with E-state index in [0.29, 0.717) is 63.7 Å². The lowest BCUT2D eigenvalue weighted by atomic mass is 9.80. The van der Waals surface area contributed by atoms with Gasteiger partial charge in [0.15, 0.2) is 6.29 Å². The van der Waals surface area contributed by atoms with Gasteiger partial charge in [0.1, 0.15) is 6.10 Å². The zero-order chi connectivity index (χ0) is 23.0. The maximum absolute atomic E-state index is 11.0. The lowest BCUT2D eigenvalue weighted by Gasteiger charge is -2.35. The van der Waals surface area contributed by atoms with Crippen molar-refractivity contribution in [3.63, 3.8) is 0 Å². The fourth-order valence-corrected chi connectivity index (χ4v) is 4.44. The van der Waals surface area contributed by atoms with Gasteiger partial charge in [-0.25, -0.2) is 0 Å². The number of fused-ring (bicyclic) bond motifs is 1. The molecule has 6 N–H and O–H groups in total. The molecule has 1 aliphatic heterocycles. The van der Waals surface area contributed by atoms with Gasteiger partial charge in [0, 0.05) is 25.5 Å². The monoisotopic (exact) mass is 445 g/mol. The minimum absolute atomic E-state index is 0.0589. The SMILES string of the molecule is CC(=O)NCCOC1CC(O)=C2C(CCCC(O)C(O)C(O)CCCC(C)OC2O)C1. The van der Waals surface area contributed by atoms with Crippen LogP contribution in [0.3, 0.4) is 0 Å². The summed E-state index contributed by atoms with van der Waals surface area (Å²) in [5, 5.41) is 54.6. The highest BCUT2D eigenvalue weighted by Crippen LogP contribution is 2.37. The Morgan fingerprint density at radius 2 is 1.74 bits per heavy atom. The summed E-state index contributed by atoms with van der Waals surface area (Å²) in [6, 6.07) is 0. The molecule has 0 aromatic carbocycles. The first-order chi connectivity index (χ1) is 14.7. The van der Waals surface area contributed by atoms with Crippen LogP contribution in [0.5, 0.6) is 0 Å². The van der Waals surface area contributed by atoms with Crippen molar-refractivity contribution in [1.29, 1.82) is 0 Å². The minimum atomic E-state index is -1.23. The Labute approximate surface area is 184 Å². The standard InChI is InChI=1S/C22H39NO8/c1-13-5-3-7-17(25)21(28)18(26)8-4-6-15-11-16(30-10-9-23-14(2)24)12-19(27)20(15)22(29)31-13/h13,15-18,21-22,25-29H,3-12H2,1-2H3,(H,23,24). The second kappa shape index (κ2) is 12.7. The molecule has 9 heteroatoms. The van der Waals surface area contributed by atoms with Gasteiger partial charge in [0.2, 0.25) is 5.91 Å². The molecule has 1 saturated heterocycles. The maximum atomic E-state index is 11.0. The molecule has 2 aliphatic rings. The molecule has 2 rings (SSSR count). The highest BCUT2D eigenvalue weighted by Gasteiger charge is 2.35. The van der Waals surface area contributed by atoms with Crippen molar-refractivity contribution in [3.05, 3.63) is 11.3 Å². The van der Waals surface area contributed by atoms with Gasteiger partial charge in [-0.2, -0.15) is 0 Å². The largest absolute Gasteiger partial charge is 0.512 e. The van der Waals surface area contributed by atoms with E-state index < -0.39 is 24.6 Å². The average molecular weight is 446 g/mol. The lowest BCUT2D eigenvalue weighted by Crippen LogP contribution is -2.38. The van der Waals surface area contributed by atoms with Crippen molar-refractivity contribution in [1.82, 2.24) is 5.32 Å². The van der Waals surface area contributed by atoms with E-state index in [1.165, 1.54) is 6.92 Å². The van der Waals surface area contributed by atoms with Gasteiger partial charge in [-0.15, -0.1) is 0 Å². The van der Waals surface area contributed by atoms with Gasteiger partial charge in [-0.1, -0.05) is 6.42 Å². The number of amides is 1. The van der Waals surface area contributed by atoms with E-state index >= 15 is 0 Å². The topological polar surface area (TPSA) is 149 Å². The molecule has 180 valence electrons. The number of carbonyl (C=O) groups excluding carboxylic acids is 1. The molecule has 1 fully saturated rings. The molecule has 0 aromatic heterocycles. The Morgan fingerprint density at radius 1 is 1.10 bits per heavy atom. The number of aliphatic hydroxyl groups is 5. The summed E-state index contributed by atoms with van der Waals surface area (Å²) in [6.07, 6.45) is -1.38. The van der Waals surface area contributed by atoms with Crippen molar-refractivity contribution in [2.24, 2.45) is 5.92 Å². The third-order valence-electron chi connectivity index (χ3n) is 6.15. The Bertz CT molecular complexity index is 598. The van der Waals surface area contributed by atoms with E-state index in [1.807, 2.05) is 6.92 Å². The van der Waals surface area contributed by atoms with Crippen LogP contribution in [0.4, 0.5) is 0 Å². The fraction of sp³-hybridized carbons (Fsp3) is 0.864. The van der Waals surface area contributed by atoms with Gasteiger partial charge in [0.25, 0.3) is 0 Å². The maximum Gasteiger partial charge on any atom is 0.216 e. The first-order valence-electron chi connectivity index (χ1n) is 11.3. The van der Waals surface area contributed by atoms with Crippen LogP contribution in [-0.2, 0) is 14.3 Å². The van der Waals surface area contributed by atoms with Crippen molar-refractivity contribution in [2.75, 3.05) is 13.2 Å². The molecule has 0 aromatic rings. The van der Waals surface area contributed by atoms with Crippen LogP contribution in [0.25, 0.3) is 0 Å². The van der Waals surface area contributed by atoms with Crippen LogP contribution in [0.2, 0.25) is 0 Å². The van der Waals surface area contributed by atoms with Crippen molar-refractivity contribution in [2.45, 2.75) is 102 Å². The minimum Gasteiger partial charge on any atom is -0.512 e. The first kappa shape index (κ1) is 26.0. The summed E-state index contributed by atoms with van der Waals surface area (Å²) in [7, 11) is 0. The van der Waals surface area contributed by atoms with Crippen LogP contribution >= 0.6 is 0 Å². The quantitative estimate of drug-likeness (QED) is 0.350. The zero-order valence-corrected chi connectivity index (χ0v) is 18.6. The summed E-state index contributed by atoms with van der Waals surface area (Å²) < 4.78 is 11.6. The zero-order valence-electron chi connectivity index (χ0n) is 18.6. The normalized spacial score (nSPS) is 36.4. The van der Waals surface area contributed by atoms with Crippen molar-refractivity contribution >= 4 is 5.91 Å². The van der Waals surface area contributed by atoms with Crippen LogP contribution in [0, 0.1) is 5.92 Å². The van der Waals surface area contributed by atoms with Crippen molar-refractivity contribution < 1.29 is 39.8 Å². The Balaban J connectivity index is 2.09. The van der Waals surface area contributed by atoms with Gasteiger partial charge in [-0.3, -0.25) is 4.79 Å². The number of hydrogen-bond donors (Lipinski definition) is 6. The highest BCUT2D eigenvalue weighted by atomic mass is 16.6. The molecular weight excluding hydrogens is 406 g/mol. The van der Waals surface area contributed by atoms with E-state index in [-0.39, 0.29) is 36.2 Å². The summed E-state index contributed by atoms with van der Waals surface area (Å²) in [6.45, 7) is 3.95. The van der Waals surface area contributed by atoms with Gasteiger partial charge in [0.05, 0.1) is 36.8 Å². The predicted molar refractivity (Wildman–Crippen MR) is 113 cm³/mol. The molecule has 0 radical (unpaired) electrons. The molecule has 1 heterocycles. The fourth-order valence-electron chi connectivity index (χ4n) is 4.44. The Kier molecular flexibility index (Phi) is 10.7. The number of aliphatic hydroxyl groups excluding tert-OH is 5. The number of carbonyl (C=O) groups is 1. The number of ether oxygens (including phenoxy) is 2.